The number of hydrogen-bond donors (Lipinski definition) is 0. The zero-order valence-corrected chi connectivity index (χ0v) is 15.8. The van der Waals surface area contributed by atoms with Crippen molar-refractivity contribution in [3.63, 3.8) is 0 Å². The van der Waals surface area contributed by atoms with Gasteiger partial charge in [0.2, 0.25) is 10.0 Å². The van der Waals surface area contributed by atoms with Gasteiger partial charge in [-0.1, -0.05) is 0 Å². The highest BCUT2D eigenvalue weighted by Crippen LogP contribution is 2.18. The normalized spacial score (nSPS) is 11.2. The van der Waals surface area contributed by atoms with Crippen molar-refractivity contribution < 1.29 is 36.3 Å². The Bertz CT molecular complexity index is 943. The first kappa shape index (κ1) is 21.3. The molecule has 0 fully saturated rings. The summed E-state index contributed by atoms with van der Waals surface area (Å²) in [5, 5.41) is 0. The van der Waals surface area contributed by atoms with Gasteiger partial charge in [-0.25, -0.2) is 13.2 Å². The Labute approximate surface area is 160 Å². The summed E-state index contributed by atoms with van der Waals surface area (Å²) in [4.78, 5) is 24.1. The van der Waals surface area contributed by atoms with E-state index in [1.165, 1.54) is 55.6 Å². The smallest absolute Gasteiger partial charge is 0.387 e. The van der Waals surface area contributed by atoms with Crippen molar-refractivity contribution in [3.8, 4) is 5.75 Å². The highest BCUT2D eigenvalue weighted by Gasteiger charge is 2.15. The standard InChI is InChI=1S/C18H17F2NO6S/c1-21(28(2,24)25)14-7-3-12(4-8-14)16(22)11-26-17(23)13-5-9-15(10-6-13)27-18(19)20/h3-10,18H,11H2,1-2H3. The molecule has 0 bridgehead atoms. The van der Waals surface area contributed by atoms with Gasteiger partial charge in [-0.15, -0.1) is 0 Å². The second-order valence-electron chi connectivity index (χ2n) is 5.68. The van der Waals surface area contributed by atoms with Crippen molar-refractivity contribution in [1.29, 1.82) is 0 Å². The number of ether oxygens (including phenoxy) is 2. The molecule has 0 saturated heterocycles. The van der Waals surface area contributed by atoms with Crippen LogP contribution in [0.5, 0.6) is 5.75 Å². The third-order valence-corrected chi connectivity index (χ3v) is 4.91. The van der Waals surface area contributed by atoms with Crippen LogP contribution in [0.1, 0.15) is 20.7 Å². The SMILES string of the molecule is CN(c1ccc(C(=O)COC(=O)c2ccc(OC(F)F)cc2)cc1)S(C)(=O)=O. The lowest BCUT2D eigenvalue weighted by atomic mass is 10.1. The molecule has 0 N–H and O–H groups in total. The number of alkyl halides is 2. The predicted molar refractivity (Wildman–Crippen MR) is 97.4 cm³/mol. The predicted octanol–water partition coefficient (Wildman–Crippen LogP) is 2.72. The van der Waals surface area contributed by atoms with Gasteiger partial charge >= 0.3 is 12.6 Å². The molecule has 150 valence electrons. The third-order valence-electron chi connectivity index (χ3n) is 3.70. The number of anilines is 1. The topological polar surface area (TPSA) is 90.0 Å². The monoisotopic (exact) mass is 413 g/mol. The fraction of sp³-hybridized carbons (Fsp3) is 0.222. The molecule has 2 rings (SSSR count). The number of benzene rings is 2. The van der Waals surface area contributed by atoms with Gasteiger partial charge in [0.25, 0.3) is 0 Å². The molecule has 0 saturated carbocycles. The van der Waals surface area contributed by atoms with Gasteiger partial charge in [0, 0.05) is 12.6 Å². The molecule has 0 amide bonds. The summed E-state index contributed by atoms with van der Waals surface area (Å²) in [7, 11) is -2.04. The minimum absolute atomic E-state index is 0.0690. The molecule has 0 spiro atoms. The Balaban J connectivity index is 1.95. The first-order valence-corrected chi connectivity index (χ1v) is 9.72. The number of Topliss-reactive ketones (excluding diaryl/α,β-unsaturated/α-hetero) is 1. The Kier molecular flexibility index (Phi) is 6.68. The molecule has 2 aromatic carbocycles. The highest BCUT2D eigenvalue weighted by molar-refractivity contribution is 7.92. The summed E-state index contributed by atoms with van der Waals surface area (Å²) in [6, 6.07) is 10.6. The number of carbonyl (C=O) groups is 2. The van der Waals surface area contributed by atoms with E-state index in [1.807, 2.05) is 0 Å². The number of rotatable bonds is 8. The van der Waals surface area contributed by atoms with Gasteiger partial charge in [-0.3, -0.25) is 9.10 Å². The largest absolute Gasteiger partial charge is 0.454 e. The molecule has 0 unspecified atom stereocenters. The Morgan fingerprint density at radius 1 is 1.00 bits per heavy atom. The lowest BCUT2D eigenvalue weighted by Gasteiger charge is -2.16. The van der Waals surface area contributed by atoms with E-state index in [9.17, 15) is 26.8 Å². The molecule has 0 aliphatic heterocycles. The van der Waals surface area contributed by atoms with E-state index in [-0.39, 0.29) is 16.9 Å². The van der Waals surface area contributed by atoms with Crippen LogP contribution in [0.4, 0.5) is 14.5 Å². The van der Waals surface area contributed by atoms with Gasteiger partial charge in [0.05, 0.1) is 17.5 Å². The van der Waals surface area contributed by atoms with E-state index in [4.69, 9.17) is 4.74 Å². The fourth-order valence-electron chi connectivity index (χ4n) is 2.12. The van der Waals surface area contributed by atoms with Gasteiger partial charge in [-0.05, 0) is 48.5 Å². The molecule has 0 aromatic heterocycles. The van der Waals surface area contributed by atoms with Crippen LogP contribution in [-0.2, 0) is 14.8 Å². The number of esters is 1. The Morgan fingerprint density at radius 3 is 2.04 bits per heavy atom. The lowest BCUT2D eigenvalue weighted by Crippen LogP contribution is -2.24. The van der Waals surface area contributed by atoms with Crippen molar-refractivity contribution in [1.82, 2.24) is 0 Å². The highest BCUT2D eigenvalue weighted by atomic mass is 32.2. The van der Waals surface area contributed by atoms with Crippen LogP contribution in [0, 0.1) is 0 Å². The molecule has 7 nitrogen and oxygen atoms in total. The molecule has 28 heavy (non-hydrogen) atoms. The van der Waals surface area contributed by atoms with Gasteiger partial charge in [0.1, 0.15) is 5.75 Å². The average molecular weight is 413 g/mol. The van der Waals surface area contributed by atoms with Crippen LogP contribution < -0.4 is 9.04 Å². The molecule has 0 radical (unpaired) electrons. The second-order valence-corrected chi connectivity index (χ2v) is 7.69. The van der Waals surface area contributed by atoms with Crippen LogP contribution in [0.3, 0.4) is 0 Å². The first-order chi connectivity index (χ1) is 13.1. The van der Waals surface area contributed by atoms with Crippen molar-refractivity contribution >= 4 is 27.5 Å². The van der Waals surface area contributed by atoms with Crippen LogP contribution in [0.25, 0.3) is 0 Å². The number of hydrogen-bond acceptors (Lipinski definition) is 6. The summed E-state index contributed by atoms with van der Waals surface area (Å²) >= 11 is 0. The van der Waals surface area contributed by atoms with Gasteiger partial charge in [-0.2, -0.15) is 8.78 Å². The zero-order valence-electron chi connectivity index (χ0n) is 15.0. The quantitative estimate of drug-likeness (QED) is 0.488. The maximum atomic E-state index is 12.1. The summed E-state index contributed by atoms with van der Waals surface area (Å²) in [5.74, 6) is -1.40. The summed E-state index contributed by atoms with van der Waals surface area (Å²) < 4.78 is 57.3. The number of nitrogens with zero attached hydrogens (tertiary/aromatic N) is 1. The van der Waals surface area contributed by atoms with E-state index in [0.29, 0.717) is 5.69 Å². The molecular weight excluding hydrogens is 396 g/mol. The van der Waals surface area contributed by atoms with Crippen molar-refractivity contribution in [2.45, 2.75) is 6.61 Å². The van der Waals surface area contributed by atoms with Crippen LogP contribution in [0.2, 0.25) is 0 Å². The molecule has 0 aliphatic rings. The van der Waals surface area contributed by atoms with Crippen molar-refractivity contribution in [3.05, 3.63) is 59.7 Å². The van der Waals surface area contributed by atoms with Crippen molar-refractivity contribution in [2.75, 3.05) is 24.2 Å². The molecule has 0 atom stereocenters. The van der Waals surface area contributed by atoms with E-state index in [0.717, 1.165) is 10.6 Å². The number of ketones is 1. The number of carbonyl (C=O) groups excluding carboxylic acids is 2. The Hall–Kier alpha value is -3.01. The summed E-state index contributed by atoms with van der Waals surface area (Å²) in [6.45, 7) is -3.51. The first-order valence-electron chi connectivity index (χ1n) is 7.87. The fourth-order valence-corrected chi connectivity index (χ4v) is 2.62. The second kappa shape index (κ2) is 8.79. The number of halogens is 2. The van der Waals surface area contributed by atoms with Crippen molar-refractivity contribution in [2.24, 2.45) is 0 Å². The lowest BCUT2D eigenvalue weighted by molar-refractivity contribution is -0.0498. The van der Waals surface area contributed by atoms with E-state index >= 15 is 0 Å². The number of sulfonamides is 1. The minimum Gasteiger partial charge on any atom is -0.454 e. The minimum atomic E-state index is -3.42. The van der Waals surface area contributed by atoms with Crippen LogP contribution in [0.15, 0.2) is 48.5 Å². The molecule has 10 heteroatoms. The maximum absolute atomic E-state index is 12.1. The van der Waals surface area contributed by atoms with E-state index in [2.05, 4.69) is 4.74 Å². The molecule has 0 heterocycles. The summed E-state index contributed by atoms with van der Waals surface area (Å²) in [5.41, 5.74) is 0.681. The molecule has 2 aromatic rings. The summed E-state index contributed by atoms with van der Waals surface area (Å²) in [6.07, 6.45) is 1.05. The van der Waals surface area contributed by atoms with Crippen LogP contribution in [-0.4, -0.2) is 46.7 Å². The molecule has 0 aliphatic carbocycles. The average Bonchev–Trinajstić information content (AvgIpc) is 2.64. The van der Waals surface area contributed by atoms with Gasteiger partial charge in [0.15, 0.2) is 12.4 Å². The third kappa shape index (κ3) is 5.74. The van der Waals surface area contributed by atoms with E-state index < -0.39 is 35.0 Å². The zero-order chi connectivity index (χ0) is 20.9. The molecular formula is C18H17F2NO6S. The van der Waals surface area contributed by atoms with Gasteiger partial charge < -0.3 is 9.47 Å². The maximum Gasteiger partial charge on any atom is 0.387 e. The van der Waals surface area contributed by atoms with E-state index in [1.54, 1.807) is 0 Å². The van der Waals surface area contributed by atoms with Crippen LogP contribution >= 0.6 is 0 Å². The Morgan fingerprint density at radius 2 is 1.54 bits per heavy atom.